The second kappa shape index (κ2) is 5.27. The lowest BCUT2D eigenvalue weighted by Gasteiger charge is -2.31. The molecule has 0 aromatic heterocycles. The summed E-state index contributed by atoms with van der Waals surface area (Å²) in [5.74, 6) is 0.221. The van der Waals surface area contributed by atoms with E-state index in [-0.39, 0.29) is 17.4 Å². The molecule has 2 heteroatoms. The third-order valence-electron chi connectivity index (χ3n) is 4.10. The first-order chi connectivity index (χ1) is 9.94. The Balaban J connectivity index is 2.01. The fourth-order valence-corrected chi connectivity index (χ4v) is 3.28. The van der Waals surface area contributed by atoms with E-state index >= 15 is 0 Å². The van der Waals surface area contributed by atoms with Gasteiger partial charge in [0.1, 0.15) is 5.82 Å². The Bertz CT molecular complexity index is 628. The summed E-state index contributed by atoms with van der Waals surface area (Å²) in [4.78, 5) is 0. The molecule has 0 spiro atoms. The van der Waals surface area contributed by atoms with Crippen molar-refractivity contribution >= 4 is 0 Å². The van der Waals surface area contributed by atoms with Crippen molar-refractivity contribution in [3.8, 4) is 0 Å². The van der Waals surface area contributed by atoms with Gasteiger partial charge in [0, 0.05) is 17.5 Å². The maximum atomic E-state index is 13.5. The molecule has 0 aliphatic heterocycles. The van der Waals surface area contributed by atoms with Gasteiger partial charge in [-0.25, -0.2) is 4.39 Å². The molecule has 1 aliphatic rings. The van der Waals surface area contributed by atoms with E-state index < -0.39 is 0 Å². The molecule has 1 N–H and O–H groups in total. The number of benzene rings is 2. The van der Waals surface area contributed by atoms with Crippen LogP contribution in [0.5, 0.6) is 0 Å². The third kappa shape index (κ3) is 3.01. The van der Waals surface area contributed by atoms with E-state index in [0.717, 1.165) is 12.0 Å². The molecule has 0 saturated carbocycles. The Morgan fingerprint density at radius 2 is 1.76 bits per heavy atom. The molecule has 0 bridgehead atoms. The Kier molecular flexibility index (Phi) is 3.58. The van der Waals surface area contributed by atoms with Gasteiger partial charge in [-0.3, -0.25) is 0 Å². The van der Waals surface area contributed by atoms with E-state index in [1.54, 1.807) is 12.1 Å². The van der Waals surface area contributed by atoms with Crippen molar-refractivity contribution in [2.75, 3.05) is 0 Å². The number of halogens is 1. The highest BCUT2D eigenvalue weighted by molar-refractivity contribution is 5.42. The Morgan fingerprint density at radius 3 is 2.43 bits per heavy atom. The summed E-state index contributed by atoms with van der Waals surface area (Å²) in [5, 5.41) is 3.72. The van der Waals surface area contributed by atoms with Crippen molar-refractivity contribution in [1.29, 1.82) is 0 Å². The molecular weight excluding hydrogens is 261 g/mol. The minimum Gasteiger partial charge on any atom is -0.305 e. The van der Waals surface area contributed by atoms with Crippen LogP contribution in [-0.2, 0) is 6.42 Å². The van der Waals surface area contributed by atoms with Crippen molar-refractivity contribution in [3.63, 3.8) is 0 Å². The fraction of sp³-hybridized carbons (Fsp3) is 0.368. The molecule has 2 atom stereocenters. The Morgan fingerprint density at radius 1 is 1.05 bits per heavy atom. The van der Waals surface area contributed by atoms with E-state index in [1.807, 2.05) is 12.1 Å². The van der Waals surface area contributed by atoms with Crippen LogP contribution in [0.2, 0.25) is 0 Å². The van der Waals surface area contributed by atoms with Crippen LogP contribution in [0.25, 0.3) is 0 Å². The second-order valence-electron chi connectivity index (χ2n) is 6.94. The van der Waals surface area contributed by atoms with E-state index in [0.29, 0.717) is 5.92 Å². The second-order valence-corrected chi connectivity index (χ2v) is 6.94. The van der Waals surface area contributed by atoms with Crippen molar-refractivity contribution in [2.24, 2.45) is 0 Å². The number of fused-ring (bicyclic) bond motifs is 1. The molecule has 0 amide bonds. The summed E-state index contributed by atoms with van der Waals surface area (Å²) in [6, 6.07) is 16.0. The lowest BCUT2D eigenvalue weighted by molar-refractivity contribution is 0.340. The van der Waals surface area contributed by atoms with Crippen LogP contribution in [0.4, 0.5) is 4.39 Å². The molecule has 0 saturated heterocycles. The van der Waals surface area contributed by atoms with Gasteiger partial charge in [0.05, 0.1) is 0 Å². The first-order valence-corrected chi connectivity index (χ1v) is 7.55. The summed E-state index contributed by atoms with van der Waals surface area (Å²) in [6.07, 6.45) is 0.894. The van der Waals surface area contributed by atoms with Gasteiger partial charge in [0.25, 0.3) is 0 Å². The highest BCUT2D eigenvalue weighted by atomic mass is 19.1. The average Bonchev–Trinajstić information content (AvgIpc) is 2.76. The zero-order valence-corrected chi connectivity index (χ0v) is 12.9. The summed E-state index contributed by atoms with van der Waals surface area (Å²) >= 11 is 0. The molecule has 1 nitrogen and oxygen atoms in total. The van der Waals surface area contributed by atoms with E-state index in [1.165, 1.54) is 11.1 Å². The predicted octanol–water partition coefficient (Wildman–Crippen LogP) is 4.59. The van der Waals surface area contributed by atoms with E-state index in [2.05, 4.69) is 50.4 Å². The Labute approximate surface area is 126 Å². The maximum Gasteiger partial charge on any atom is 0.123 e. The highest BCUT2D eigenvalue weighted by Gasteiger charge is 2.35. The predicted molar refractivity (Wildman–Crippen MR) is 84.9 cm³/mol. The van der Waals surface area contributed by atoms with Crippen LogP contribution in [-0.4, -0.2) is 5.54 Å². The van der Waals surface area contributed by atoms with Gasteiger partial charge in [-0.2, -0.15) is 0 Å². The smallest absolute Gasteiger partial charge is 0.123 e. The lowest BCUT2D eigenvalue weighted by Crippen LogP contribution is -2.40. The molecule has 2 aromatic rings. The van der Waals surface area contributed by atoms with Crippen LogP contribution in [0.1, 0.15) is 49.4 Å². The van der Waals surface area contributed by atoms with Gasteiger partial charge < -0.3 is 5.32 Å². The van der Waals surface area contributed by atoms with Gasteiger partial charge >= 0.3 is 0 Å². The van der Waals surface area contributed by atoms with Gasteiger partial charge in [-0.1, -0.05) is 36.4 Å². The van der Waals surface area contributed by atoms with Crippen LogP contribution < -0.4 is 5.32 Å². The maximum absolute atomic E-state index is 13.5. The molecule has 2 aromatic carbocycles. The molecule has 21 heavy (non-hydrogen) atoms. The monoisotopic (exact) mass is 283 g/mol. The van der Waals surface area contributed by atoms with Crippen LogP contribution in [0, 0.1) is 5.82 Å². The summed E-state index contributed by atoms with van der Waals surface area (Å²) in [6.45, 7) is 6.53. The van der Waals surface area contributed by atoms with Crippen molar-refractivity contribution < 1.29 is 4.39 Å². The number of rotatable bonds is 2. The molecule has 1 aliphatic carbocycles. The zero-order valence-electron chi connectivity index (χ0n) is 12.9. The third-order valence-corrected chi connectivity index (χ3v) is 4.10. The summed E-state index contributed by atoms with van der Waals surface area (Å²) in [5.41, 5.74) is 3.70. The zero-order chi connectivity index (χ0) is 15.0. The number of hydrogen-bond acceptors (Lipinski definition) is 1. The van der Waals surface area contributed by atoms with Gasteiger partial charge in [-0.05, 0) is 56.0 Å². The first kappa shape index (κ1) is 14.3. The Hall–Kier alpha value is -1.67. The van der Waals surface area contributed by atoms with Crippen LogP contribution in [0.3, 0.4) is 0 Å². The number of hydrogen-bond donors (Lipinski definition) is 1. The standard InChI is InChI=1S/C19H22FN/c1-19(2,3)21-18-16-10-9-15(20)11-14(16)12-17(18)13-7-5-4-6-8-13/h4-11,17-18,21H,12H2,1-3H3/t17-,18+/m0/s1. The molecule has 0 radical (unpaired) electrons. The SMILES string of the molecule is CC(C)(C)N[C@@H]1c2ccc(F)cc2C[C@H]1c1ccccc1. The largest absolute Gasteiger partial charge is 0.305 e. The van der Waals surface area contributed by atoms with Crippen molar-refractivity contribution in [2.45, 2.75) is 44.7 Å². The molecule has 0 unspecified atom stereocenters. The van der Waals surface area contributed by atoms with Gasteiger partial charge in [0.2, 0.25) is 0 Å². The normalized spacial score (nSPS) is 21.3. The van der Waals surface area contributed by atoms with Gasteiger partial charge in [-0.15, -0.1) is 0 Å². The minimum absolute atomic E-state index is 0.0215. The quantitative estimate of drug-likeness (QED) is 0.849. The summed E-state index contributed by atoms with van der Waals surface area (Å²) in [7, 11) is 0. The minimum atomic E-state index is -0.142. The fourth-order valence-electron chi connectivity index (χ4n) is 3.28. The highest BCUT2D eigenvalue weighted by Crippen LogP contribution is 2.43. The van der Waals surface area contributed by atoms with Gasteiger partial charge in [0.15, 0.2) is 0 Å². The van der Waals surface area contributed by atoms with Crippen LogP contribution >= 0.6 is 0 Å². The molecule has 3 rings (SSSR count). The molecule has 110 valence electrons. The lowest BCUT2D eigenvalue weighted by atomic mass is 9.90. The molecule has 0 fully saturated rings. The number of nitrogens with one attached hydrogen (secondary N) is 1. The molecule has 0 heterocycles. The first-order valence-electron chi connectivity index (χ1n) is 7.55. The van der Waals surface area contributed by atoms with Crippen molar-refractivity contribution in [1.82, 2.24) is 5.32 Å². The average molecular weight is 283 g/mol. The van der Waals surface area contributed by atoms with Crippen molar-refractivity contribution in [3.05, 3.63) is 71.0 Å². The topological polar surface area (TPSA) is 12.0 Å². The van der Waals surface area contributed by atoms with E-state index in [4.69, 9.17) is 0 Å². The molecular formula is C19H22FN. The van der Waals surface area contributed by atoms with E-state index in [9.17, 15) is 4.39 Å². The van der Waals surface area contributed by atoms with Crippen LogP contribution in [0.15, 0.2) is 48.5 Å². The summed E-state index contributed by atoms with van der Waals surface area (Å²) < 4.78 is 13.5.